The van der Waals surface area contributed by atoms with Crippen LogP contribution in [0.2, 0.25) is 0 Å². The van der Waals surface area contributed by atoms with Crippen LogP contribution in [0.15, 0.2) is 0 Å². The molecular formula is C8H12N2O4. The minimum absolute atomic E-state index is 0.392. The topological polar surface area (TPSA) is 101 Å². The van der Waals surface area contributed by atoms with E-state index in [2.05, 4.69) is 0 Å². The molecular weight excluding hydrogens is 188 g/mol. The molecule has 1 aliphatic heterocycles. The second kappa shape index (κ2) is 4.08. The lowest BCUT2D eigenvalue weighted by Crippen LogP contribution is -2.41. The van der Waals surface area contributed by atoms with Gasteiger partial charge in [-0.1, -0.05) is 0 Å². The Balaban J connectivity index is 2.62. The summed E-state index contributed by atoms with van der Waals surface area (Å²) in [5.41, 5.74) is 4.85. The average molecular weight is 200 g/mol. The first-order valence-corrected chi connectivity index (χ1v) is 4.33. The van der Waals surface area contributed by atoms with Crippen molar-refractivity contribution in [1.29, 1.82) is 0 Å². The lowest BCUT2D eigenvalue weighted by molar-refractivity contribution is -0.149. The van der Waals surface area contributed by atoms with E-state index in [1.165, 1.54) is 4.90 Å². The first-order valence-electron chi connectivity index (χ1n) is 4.33. The third kappa shape index (κ3) is 2.21. The van der Waals surface area contributed by atoms with Crippen molar-refractivity contribution in [3.8, 4) is 0 Å². The van der Waals surface area contributed by atoms with E-state index in [4.69, 9.17) is 10.8 Å². The van der Waals surface area contributed by atoms with Crippen molar-refractivity contribution in [3.05, 3.63) is 0 Å². The number of primary amides is 1. The number of nitrogens with zero attached hydrogens (tertiary/aromatic N) is 1. The highest BCUT2D eigenvalue weighted by Crippen LogP contribution is 2.18. The minimum atomic E-state index is -1.03. The fourth-order valence-electron chi connectivity index (χ4n) is 1.57. The molecule has 0 aliphatic carbocycles. The second-order valence-electron chi connectivity index (χ2n) is 3.23. The molecule has 1 atom stereocenters. The molecule has 78 valence electrons. The van der Waals surface area contributed by atoms with E-state index < -0.39 is 30.2 Å². The molecule has 6 nitrogen and oxygen atoms in total. The molecule has 0 aromatic carbocycles. The molecule has 1 fully saturated rings. The molecule has 14 heavy (non-hydrogen) atoms. The Hall–Kier alpha value is -1.59. The zero-order valence-corrected chi connectivity index (χ0v) is 7.60. The van der Waals surface area contributed by atoms with Crippen molar-refractivity contribution in [3.63, 3.8) is 0 Å². The number of carboxylic acids is 1. The Bertz CT molecular complexity index is 277. The molecule has 0 radical (unpaired) electrons. The number of hydrogen-bond donors (Lipinski definition) is 2. The van der Waals surface area contributed by atoms with Crippen LogP contribution in [0.4, 0.5) is 0 Å². The zero-order valence-electron chi connectivity index (χ0n) is 7.60. The van der Waals surface area contributed by atoms with Crippen molar-refractivity contribution in [2.75, 3.05) is 6.54 Å². The predicted molar refractivity (Wildman–Crippen MR) is 46.2 cm³/mol. The van der Waals surface area contributed by atoms with Gasteiger partial charge < -0.3 is 15.7 Å². The van der Waals surface area contributed by atoms with Crippen LogP contribution in [0.5, 0.6) is 0 Å². The Labute approximate surface area is 80.7 Å². The minimum Gasteiger partial charge on any atom is -0.480 e. The Kier molecular flexibility index (Phi) is 3.06. The lowest BCUT2D eigenvalue weighted by atomic mass is 10.2. The highest BCUT2D eigenvalue weighted by molar-refractivity contribution is 5.97. The van der Waals surface area contributed by atoms with E-state index in [-0.39, 0.29) is 0 Å². The van der Waals surface area contributed by atoms with Crippen LogP contribution in [0, 0.1) is 0 Å². The summed E-state index contributed by atoms with van der Waals surface area (Å²) in [6, 6.07) is -0.790. The van der Waals surface area contributed by atoms with E-state index in [1.54, 1.807) is 0 Å². The first-order chi connectivity index (χ1) is 6.52. The van der Waals surface area contributed by atoms with Crippen LogP contribution < -0.4 is 5.73 Å². The van der Waals surface area contributed by atoms with Crippen LogP contribution in [-0.2, 0) is 14.4 Å². The quantitative estimate of drug-likeness (QED) is 0.567. The Morgan fingerprint density at radius 3 is 2.57 bits per heavy atom. The summed E-state index contributed by atoms with van der Waals surface area (Å²) in [6.07, 6.45) is 0.686. The predicted octanol–water partition coefficient (Wildman–Crippen LogP) is -1.06. The fourth-order valence-corrected chi connectivity index (χ4v) is 1.57. The van der Waals surface area contributed by atoms with Gasteiger partial charge in [-0.25, -0.2) is 4.79 Å². The SMILES string of the molecule is NC(=O)CC(=O)N1CCC[C@H]1C(=O)O. The van der Waals surface area contributed by atoms with Gasteiger partial charge in [-0.15, -0.1) is 0 Å². The van der Waals surface area contributed by atoms with Crippen LogP contribution in [0.25, 0.3) is 0 Å². The van der Waals surface area contributed by atoms with Crippen LogP contribution >= 0.6 is 0 Å². The number of rotatable bonds is 3. The standard InChI is InChI=1S/C8H12N2O4/c9-6(11)4-7(12)10-3-1-2-5(10)8(13)14/h5H,1-4H2,(H2,9,11)(H,13,14)/t5-/m0/s1. The van der Waals surface area contributed by atoms with E-state index in [9.17, 15) is 14.4 Å². The van der Waals surface area contributed by atoms with E-state index in [0.717, 1.165) is 0 Å². The normalized spacial score (nSPS) is 20.9. The summed E-state index contributed by atoms with van der Waals surface area (Å²) in [5.74, 6) is -2.26. The van der Waals surface area contributed by atoms with Crippen molar-refractivity contribution in [2.45, 2.75) is 25.3 Å². The van der Waals surface area contributed by atoms with E-state index in [0.29, 0.717) is 19.4 Å². The van der Waals surface area contributed by atoms with Crippen LogP contribution in [0.1, 0.15) is 19.3 Å². The van der Waals surface area contributed by atoms with Gasteiger partial charge in [0.1, 0.15) is 12.5 Å². The number of carbonyl (C=O) groups excluding carboxylic acids is 2. The summed E-state index contributed by atoms with van der Waals surface area (Å²) >= 11 is 0. The number of nitrogens with two attached hydrogens (primary N) is 1. The molecule has 0 saturated carbocycles. The van der Waals surface area contributed by atoms with Gasteiger partial charge in [0, 0.05) is 6.54 Å². The van der Waals surface area contributed by atoms with Crippen molar-refractivity contribution in [1.82, 2.24) is 4.90 Å². The zero-order chi connectivity index (χ0) is 10.7. The van der Waals surface area contributed by atoms with Gasteiger partial charge in [0.25, 0.3) is 0 Å². The first kappa shape index (κ1) is 10.5. The summed E-state index contributed by atoms with van der Waals surface area (Å²) in [4.78, 5) is 33.7. The summed E-state index contributed by atoms with van der Waals surface area (Å²) in [5, 5.41) is 8.76. The highest BCUT2D eigenvalue weighted by Gasteiger charge is 2.33. The smallest absolute Gasteiger partial charge is 0.326 e. The summed E-state index contributed by atoms with van der Waals surface area (Å²) in [6.45, 7) is 0.392. The molecule has 3 N–H and O–H groups in total. The van der Waals surface area contributed by atoms with Crippen molar-refractivity contribution < 1.29 is 19.5 Å². The lowest BCUT2D eigenvalue weighted by Gasteiger charge is -2.20. The highest BCUT2D eigenvalue weighted by atomic mass is 16.4. The van der Waals surface area contributed by atoms with Crippen LogP contribution in [-0.4, -0.2) is 40.4 Å². The Morgan fingerprint density at radius 2 is 2.07 bits per heavy atom. The number of likely N-dealkylation sites (tertiary alicyclic amines) is 1. The maximum atomic E-state index is 11.3. The molecule has 0 bridgehead atoms. The third-order valence-corrected chi connectivity index (χ3v) is 2.18. The number of carboxylic acid groups (broad SMARTS) is 1. The maximum Gasteiger partial charge on any atom is 0.326 e. The molecule has 0 aromatic rings. The molecule has 0 spiro atoms. The number of aliphatic carboxylic acids is 1. The van der Waals surface area contributed by atoms with Gasteiger partial charge in [0.05, 0.1) is 0 Å². The monoisotopic (exact) mass is 200 g/mol. The maximum absolute atomic E-state index is 11.3. The fraction of sp³-hybridized carbons (Fsp3) is 0.625. The van der Waals surface area contributed by atoms with Gasteiger partial charge >= 0.3 is 5.97 Å². The molecule has 6 heteroatoms. The summed E-state index contributed by atoms with van der Waals surface area (Å²) < 4.78 is 0. The van der Waals surface area contributed by atoms with Crippen molar-refractivity contribution in [2.24, 2.45) is 5.73 Å². The number of amides is 2. The average Bonchev–Trinajstić information content (AvgIpc) is 2.49. The summed E-state index contributed by atoms with van der Waals surface area (Å²) in [7, 11) is 0. The van der Waals surface area contributed by atoms with Crippen molar-refractivity contribution >= 4 is 17.8 Å². The Morgan fingerprint density at radius 1 is 1.43 bits per heavy atom. The van der Waals surface area contributed by atoms with Gasteiger partial charge in [0.2, 0.25) is 11.8 Å². The van der Waals surface area contributed by atoms with Gasteiger partial charge in [-0.3, -0.25) is 9.59 Å². The van der Waals surface area contributed by atoms with E-state index in [1.807, 2.05) is 0 Å². The molecule has 1 aliphatic rings. The molecule has 1 saturated heterocycles. The third-order valence-electron chi connectivity index (χ3n) is 2.18. The molecule has 1 rings (SSSR count). The van der Waals surface area contributed by atoms with Gasteiger partial charge in [-0.05, 0) is 12.8 Å². The molecule has 2 amide bonds. The number of hydrogen-bond acceptors (Lipinski definition) is 3. The molecule has 1 heterocycles. The molecule has 0 unspecified atom stereocenters. The van der Waals surface area contributed by atoms with Gasteiger partial charge in [0.15, 0.2) is 0 Å². The van der Waals surface area contributed by atoms with E-state index >= 15 is 0 Å². The van der Waals surface area contributed by atoms with Gasteiger partial charge in [-0.2, -0.15) is 0 Å². The second-order valence-corrected chi connectivity index (χ2v) is 3.23. The molecule has 0 aromatic heterocycles. The largest absolute Gasteiger partial charge is 0.480 e. The van der Waals surface area contributed by atoms with Crippen LogP contribution in [0.3, 0.4) is 0 Å². The number of carbonyl (C=O) groups is 3.